The summed E-state index contributed by atoms with van der Waals surface area (Å²) in [6, 6.07) is 0. The zero-order valence-corrected chi connectivity index (χ0v) is 10.2. The smallest absolute Gasteiger partial charge is 0.0239 e. The third-order valence-corrected chi connectivity index (χ3v) is 2.78. The lowest BCUT2D eigenvalue weighted by Gasteiger charge is -2.16. The molecule has 0 aliphatic heterocycles. The van der Waals surface area contributed by atoms with Crippen LogP contribution in [-0.2, 0) is 0 Å². The van der Waals surface area contributed by atoms with E-state index in [1.807, 2.05) is 13.8 Å². The van der Waals surface area contributed by atoms with Crippen LogP contribution in [0.25, 0.3) is 0 Å². The van der Waals surface area contributed by atoms with Crippen LogP contribution in [0.3, 0.4) is 0 Å². The van der Waals surface area contributed by atoms with Gasteiger partial charge in [0.25, 0.3) is 0 Å². The Bertz CT molecular complexity index is 311. The highest BCUT2D eigenvalue weighted by Gasteiger charge is 2.08. The lowest BCUT2D eigenvalue weighted by atomic mass is 9.90. The Kier molecular flexibility index (Phi) is 7.62. The van der Waals surface area contributed by atoms with Crippen LogP contribution in [0.4, 0.5) is 0 Å². The first-order valence-electron chi connectivity index (χ1n) is 6.08. The van der Waals surface area contributed by atoms with Crippen molar-refractivity contribution in [1.29, 1.82) is 0 Å². The maximum Gasteiger partial charge on any atom is -0.0239 e. The lowest BCUT2D eigenvalue weighted by Crippen LogP contribution is -1.96. The molecule has 0 aromatic heterocycles. The highest BCUT2D eigenvalue weighted by molar-refractivity contribution is 5.40. The first kappa shape index (κ1) is 15.0. The second-order valence-corrected chi connectivity index (χ2v) is 3.86. The summed E-state index contributed by atoms with van der Waals surface area (Å²) in [4.78, 5) is 0. The minimum Gasteiger partial charge on any atom is -0.0842 e. The average molecular weight is 218 g/mol. The number of hydrogen-bond acceptors (Lipinski definition) is 0. The van der Waals surface area contributed by atoms with Crippen molar-refractivity contribution in [2.24, 2.45) is 0 Å². The van der Waals surface area contributed by atoms with E-state index in [1.54, 1.807) is 11.1 Å². The molecule has 0 fully saturated rings. The largest absolute Gasteiger partial charge is 0.0842 e. The van der Waals surface area contributed by atoms with Gasteiger partial charge in [-0.3, -0.25) is 0 Å². The van der Waals surface area contributed by atoms with Crippen LogP contribution in [0.2, 0.25) is 0 Å². The third-order valence-electron chi connectivity index (χ3n) is 2.78. The monoisotopic (exact) mass is 218 g/mol. The minimum atomic E-state index is 0. The summed E-state index contributed by atoms with van der Waals surface area (Å²) in [5.41, 5.74) is 4.61. The molecule has 16 heavy (non-hydrogen) atoms. The first-order valence-corrected chi connectivity index (χ1v) is 6.08. The zero-order valence-electron chi connectivity index (χ0n) is 10.2. The van der Waals surface area contributed by atoms with Crippen molar-refractivity contribution >= 4 is 0 Å². The molecule has 2 aliphatic rings. The maximum absolute atomic E-state index is 2.30. The van der Waals surface area contributed by atoms with Gasteiger partial charge >= 0.3 is 0 Å². The van der Waals surface area contributed by atoms with E-state index in [0.29, 0.717) is 0 Å². The van der Waals surface area contributed by atoms with E-state index < -0.39 is 0 Å². The summed E-state index contributed by atoms with van der Waals surface area (Å²) in [6.07, 6.45) is 16.2. The van der Waals surface area contributed by atoms with Gasteiger partial charge in [-0.2, -0.15) is 0 Å². The van der Waals surface area contributed by atoms with Crippen molar-refractivity contribution in [3.05, 3.63) is 47.1 Å². The topological polar surface area (TPSA) is 0 Å². The minimum absolute atomic E-state index is 0. The molecule has 0 spiro atoms. The summed E-state index contributed by atoms with van der Waals surface area (Å²) in [7, 11) is 0. The van der Waals surface area contributed by atoms with Crippen molar-refractivity contribution in [1.82, 2.24) is 0 Å². The van der Waals surface area contributed by atoms with Gasteiger partial charge in [-0.15, -0.1) is 0 Å². The highest BCUT2D eigenvalue weighted by atomic mass is 14.1. The van der Waals surface area contributed by atoms with Crippen LogP contribution in [-0.4, -0.2) is 0 Å². The summed E-state index contributed by atoms with van der Waals surface area (Å²) < 4.78 is 0. The molecule has 0 amide bonds. The molecule has 0 atom stereocenters. The van der Waals surface area contributed by atoms with Gasteiger partial charge in [0.05, 0.1) is 0 Å². The van der Waals surface area contributed by atoms with Crippen molar-refractivity contribution < 1.29 is 0 Å². The van der Waals surface area contributed by atoms with E-state index >= 15 is 0 Å². The second-order valence-electron chi connectivity index (χ2n) is 3.86. The molecule has 0 aromatic carbocycles. The molecular weight excluding hydrogens is 192 g/mol. The van der Waals surface area contributed by atoms with Gasteiger partial charge in [0.15, 0.2) is 0 Å². The zero-order chi connectivity index (χ0) is 11.1. The Hall–Kier alpha value is -1.04. The van der Waals surface area contributed by atoms with Crippen molar-refractivity contribution in [2.75, 3.05) is 0 Å². The van der Waals surface area contributed by atoms with Gasteiger partial charge in [-0.1, -0.05) is 57.2 Å². The predicted molar refractivity (Wildman–Crippen MR) is 75.6 cm³/mol. The molecule has 90 valence electrons. The quantitative estimate of drug-likeness (QED) is 0.538. The fourth-order valence-electron chi connectivity index (χ4n) is 1.88. The third kappa shape index (κ3) is 4.22. The Balaban J connectivity index is 0.000000711. The van der Waals surface area contributed by atoms with Crippen molar-refractivity contribution in [2.45, 2.75) is 53.9 Å². The molecule has 0 radical (unpaired) electrons. The standard InChI is InChI=1S/C13H16.C2H6.CH4/c1-11-7-9-13(10-8-11)12-5-3-2-4-6-12;1-2;/h2-3,5,7,9H,4,6,8,10H2,1H3;1-2H3;1H4. The van der Waals surface area contributed by atoms with E-state index in [4.69, 9.17) is 0 Å². The first-order chi connectivity index (χ1) is 7.36. The van der Waals surface area contributed by atoms with Crippen molar-refractivity contribution in [3.63, 3.8) is 0 Å². The van der Waals surface area contributed by atoms with E-state index in [-0.39, 0.29) is 7.43 Å². The summed E-state index contributed by atoms with van der Waals surface area (Å²) in [5.74, 6) is 0. The number of rotatable bonds is 1. The molecule has 0 heterocycles. The number of hydrogen-bond donors (Lipinski definition) is 0. The Morgan fingerprint density at radius 3 is 2.06 bits per heavy atom. The normalized spacial score (nSPS) is 18.3. The fraction of sp³-hybridized carbons (Fsp3) is 0.500. The van der Waals surface area contributed by atoms with Gasteiger partial charge in [0, 0.05) is 0 Å². The molecule has 2 aliphatic carbocycles. The number of allylic oxidation sites excluding steroid dienone is 8. The fourth-order valence-corrected chi connectivity index (χ4v) is 1.88. The summed E-state index contributed by atoms with van der Waals surface area (Å²) in [5, 5.41) is 0. The summed E-state index contributed by atoms with van der Waals surface area (Å²) in [6.45, 7) is 6.21. The molecule has 0 nitrogen and oxygen atoms in total. The second kappa shape index (κ2) is 8.15. The van der Waals surface area contributed by atoms with Crippen LogP contribution < -0.4 is 0 Å². The van der Waals surface area contributed by atoms with Crippen LogP contribution in [0.1, 0.15) is 53.9 Å². The van der Waals surface area contributed by atoms with Crippen LogP contribution in [0, 0.1) is 0 Å². The van der Waals surface area contributed by atoms with Gasteiger partial charge < -0.3 is 0 Å². The van der Waals surface area contributed by atoms with Gasteiger partial charge in [0.1, 0.15) is 0 Å². The van der Waals surface area contributed by atoms with Crippen LogP contribution in [0.15, 0.2) is 47.1 Å². The predicted octanol–water partition coefficient (Wildman–Crippen LogP) is 5.59. The Labute approximate surface area is 101 Å². The molecule has 0 bridgehead atoms. The lowest BCUT2D eigenvalue weighted by molar-refractivity contribution is 0.870. The highest BCUT2D eigenvalue weighted by Crippen LogP contribution is 2.28. The van der Waals surface area contributed by atoms with E-state index in [0.717, 1.165) is 0 Å². The molecule has 2 rings (SSSR count). The Morgan fingerprint density at radius 2 is 1.56 bits per heavy atom. The van der Waals surface area contributed by atoms with Gasteiger partial charge in [0.2, 0.25) is 0 Å². The SMILES string of the molecule is C.CC.CC1=CC=C(C2=CC=CCC2)CC1. The average Bonchev–Trinajstić information content (AvgIpc) is 2.34. The summed E-state index contributed by atoms with van der Waals surface area (Å²) >= 11 is 0. The van der Waals surface area contributed by atoms with E-state index in [9.17, 15) is 0 Å². The Morgan fingerprint density at radius 1 is 0.875 bits per heavy atom. The maximum atomic E-state index is 2.30. The van der Waals surface area contributed by atoms with E-state index in [1.165, 1.54) is 31.3 Å². The molecule has 0 saturated heterocycles. The van der Waals surface area contributed by atoms with Gasteiger partial charge in [-0.05, 0) is 43.8 Å². The molecular formula is C16H26. The van der Waals surface area contributed by atoms with Crippen LogP contribution in [0.5, 0.6) is 0 Å². The van der Waals surface area contributed by atoms with Gasteiger partial charge in [-0.25, -0.2) is 0 Å². The molecule has 0 saturated carbocycles. The molecule has 0 aromatic rings. The van der Waals surface area contributed by atoms with Crippen molar-refractivity contribution in [3.8, 4) is 0 Å². The molecule has 0 unspecified atom stereocenters. The molecule has 0 heteroatoms. The van der Waals surface area contributed by atoms with Crippen LogP contribution >= 0.6 is 0 Å². The molecule has 0 N–H and O–H groups in total. The van der Waals surface area contributed by atoms with E-state index in [2.05, 4.69) is 37.3 Å².